The molecule has 1 saturated carbocycles. The molecule has 1 aromatic carbocycles. The molecule has 1 aliphatic carbocycles. The molecule has 0 aliphatic heterocycles. The van der Waals surface area contributed by atoms with E-state index < -0.39 is 5.41 Å². The molecule has 29 heavy (non-hydrogen) atoms. The molecule has 0 saturated heterocycles. The van der Waals surface area contributed by atoms with Crippen LogP contribution in [0.25, 0.3) is 0 Å². The molecule has 0 spiro atoms. The number of rotatable bonds is 8. The lowest BCUT2D eigenvalue weighted by Crippen LogP contribution is -2.35. The van der Waals surface area contributed by atoms with E-state index in [1.165, 1.54) is 0 Å². The third-order valence-electron chi connectivity index (χ3n) is 6.14. The molecule has 1 unspecified atom stereocenters. The Hall–Kier alpha value is -2.40. The smallest absolute Gasteiger partial charge is 0.317 e. The second-order valence-electron chi connectivity index (χ2n) is 8.11. The summed E-state index contributed by atoms with van der Waals surface area (Å²) in [6.07, 6.45) is 3.53. The van der Waals surface area contributed by atoms with Crippen molar-refractivity contribution in [1.82, 2.24) is 4.57 Å². The molecule has 3 rings (SSSR count). The molecule has 0 radical (unpaired) electrons. The summed E-state index contributed by atoms with van der Waals surface area (Å²) in [6.45, 7) is 6.30. The maximum absolute atomic E-state index is 13.1. The zero-order valence-electron chi connectivity index (χ0n) is 17.9. The first-order valence-corrected chi connectivity index (χ1v) is 10.3. The minimum Gasteiger partial charge on any atom is -0.457 e. The summed E-state index contributed by atoms with van der Waals surface area (Å²) in [5.41, 5.74) is 2.86. The van der Waals surface area contributed by atoms with E-state index in [9.17, 15) is 9.59 Å². The maximum Gasteiger partial charge on any atom is 0.317 e. The van der Waals surface area contributed by atoms with Crippen LogP contribution in [0.2, 0.25) is 0 Å². The van der Waals surface area contributed by atoms with E-state index in [2.05, 4.69) is 11.5 Å². The average molecular weight is 398 g/mol. The van der Waals surface area contributed by atoms with Crippen LogP contribution in [0, 0.1) is 13.8 Å². The predicted octanol–water partition coefficient (Wildman–Crippen LogP) is 4.55. The van der Waals surface area contributed by atoms with Crippen molar-refractivity contribution in [2.24, 2.45) is 0 Å². The van der Waals surface area contributed by atoms with Gasteiger partial charge in [0.2, 0.25) is 5.78 Å². The van der Waals surface area contributed by atoms with Gasteiger partial charge in [0.1, 0.15) is 0 Å². The van der Waals surface area contributed by atoms with Crippen molar-refractivity contribution in [3.8, 4) is 0 Å². The fourth-order valence-electron chi connectivity index (χ4n) is 4.75. The third kappa shape index (κ3) is 4.15. The SMILES string of the molecule is COCC(C)n1c(C)cc(C(=O)COC(=O)C2(c3ccccc3)CCCC2)c1C. The lowest BCUT2D eigenvalue weighted by molar-refractivity contribution is -0.149. The van der Waals surface area contributed by atoms with Gasteiger partial charge < -0.3 is 14.0 Å². The lowest BCUT2D eigenvalue weighted by atomic mass is 9.79. The predicted molar refractivity (Wildman–Crippen MR) is 112 cm³/mol. The quantitative estimate of drug-likeness (QED) is 0.484. The Bertz CT molecular complexity index is 863. The number of benzene rings is 1. The van der Waals surface area contributed by atoms with Crippen LogP contribution in [0.3, 0.4) is 0 Å². The molecular formula is C24H31NO4. The van der Waals surface area contributed by atoms with Crippen molar-refractivity contribution in [1.29, 1.82) is 0 Å². The highest BCUT2D eigenvalue weighted by molar-refractivity contribution is 5.99. The van der Waals surface area contributed by atoms with Gasteiger partial charge in [0.15, 0.2) is 6.61 Å². The van der Waals surface area contributed by atoms with Gasteiger partial charge in [-0.3, -0.25) is 9.59 Å². The molecule has 5 nitrogen and oxygen atoms in total. The standard InChI is InChI=1S/C24H31NO4/c1-17-14-21(19(3)25(17)18(2)15-28-4)22(26)16-29-23(27)24(12-8-9-13-24)20-10-6-5-7-11-20/h5-7,10-11,14,18H,8-9,12-13,15-16H2,1-4H3. The van der Waals surface area contributed by atoms with Crippen molar-refractivity contribution >= 4 is 11.8 Å². The number of aryl methyl sites for hydroxylation is 1. The van der Waals surface area contributed by atoms with Gasteiger partial charge in [0, 0.05) is 24.1 Å². The normalized spacial score (nSPS) is 16.6. The van der Waals surface area contributed by atoms with E-state index in [1.54, 1.807) is 7.11 Å². The highest BCUT2D eigenvalue weighted by atomic mass is 16.5. The van der Waals surface area contributed by atoms with Crippen LogP contribution in [0.4, 0.5) is 0 Å². The van der Waals surface area contributed by atoms with Crippen LogP contribution >= 0.6 is 0 Å². The summed E-state index contributed by atoms with van der Waals surface area (Å²) in [5.74, 6) is -0.445. The first kappa shape index (κ1) is 21.3. The molecule has 2 aromatic rings. The maximum atomic E-state index is 13.1. The number of ketones is 1. The first-order chi connectivity index (χ1) is 13.9. The number of hydrogen-bond acceptors (Lipinski definition) is 4. The van der Waals surface area contributed by atoms with Crippen molar-refractivity contribution in [2.45, 2.75) is 57.9 Å². The Morgan fingerprint density at radius 3 is 2.41 bits per heavy atom. The van der Waals surface area contributed by atoms with E-state index in [4.69, 9.17) is 9.47 Å². The zero-order chi connectivity index (χ0) is 21.0. The van der Waals surface area contributed by atoms with Crippen molar-refractivity contribution in [2.75, 3.05) is 20.3 Å². The third-order valence-corrected chi connectivity index (χ3v) is 6.14. The van der Waals surface area contributed by atoms with Crippen LogP contribution < -0.4 is 0 Å². The van der Waals surface area contributed by atoms with Gasteiger partial charge in [-0.1, -0.05) is 43.2 Å². The highest BCUT2D eigenvalue weighted by Gasteiger charge is 2.44. The summed E-state index contributed by atoms with van der Waals surface area (Å²) in [5, 5.41) is 0. The van der Waals surface area contributed by atoms with E-state index in [0.717, 1.165) is 42.6 Å². The fourth-order valence-corrected chi connectivity index (χ4v) is 4.75. The van der Waals surface area contributed by atoms with Gasteiger partial charge in [-0.25, -0.2) is 0 Å². The molecule has 1 aliphatic rings. The molecule has 1 fully saturated rings. The van der Waals surface area contributed by atoms with Crippen molar-refractivity contribution in [3.05, 3.63) is 58.9 Å². The van der Waals surface area contributed by atoms with Crippen molar-refractivity contribution < 1.29 is 19.1 Å². The molecule has 5 heteroatoms. The topological polar surface area (TPSA) is 57.5 Å². The number of carbonyl (C=O) groups excluding carboxylic acids is 2. The van der Waals surface area contributed by atoms with Gasteiger partial charge in [-0.15, -0.1) is 0 Å². The van der Waals surface area contributed by atoms with Gasteiger partial charge in [-0.05, 0) is 45.2 Å². The minimum atomic E-state index is -0.620. The summed E-state index contributed by atoms with van der Waals surface area (Å²) >= 11 is 0. The fraction of sp³-hybridized carbons (Fsp3) is 0.500. The first-order valence-electron chi connectivity index (χ1n) is 10.3. The number of carbonyl (C=O) groups is 2. The molecule has 0 N–H and O–H groups in total. The van der Waals surface area contributed by atoms with Gasteiger partial charge in [0.25, 0.3) is 0 Å². The van der Waals surface area contributed by atoms with Crippen LogP contribution in [0.15, 0.2) is 36.4 Å². The number of methoxy groups -OCH3 is 1. The largest absolute Gasteiger partial charge is 0.457 e. The Morgan fingerprint density at radius 1 is 1.14 bits per heavy atom. The number of ether oxygens (including phenoxy) is 2. The molecule has 1 heterocycles. The monoisotopic (exact) mass is 397 g/mol. The van der Waals surface area contributed by atoms with E-state index in [0.29, 0.717) is 12.2 Å². The second-order valence-corrected chi connectivity index (χ2v) is 8.11. The summed E-state index contributed by atoms with van der Waals surface area (Å²) in [6, 6.07) is 11.8. The van der Waals surface area contributed by atoms with E-state index in [1.807, 2.05) is 50.2 Å². The summed E-state index contributed by atoms with van der Waals surface area (Å²) < 4.78 is 12.9. The van der Waals surface area contributed by atoms with Gasteiger partial charge in [-0.2, -0.15) is 0 Å². The number of aromatic nitrogens is 1. The molecule has 1 atom stereocenters. The molecule has 156 valence electrons. The highest BCUT2D eigenvalue weighted by Crippen LogP contribution is 2.42. The van der Waals surface area contributed by atoms with E-state index in [-0.39, 0.29) is 24.4 Å². The second kappa shape index (κ2) is 8.95. The molecule has 0 bridgehead atoms. The van der Waals surface area contributed by atoms with E-state index >= 15 is 0 Å². The summed E-state index contributed by atoms with van der Waals surface area (Å²) in [4.78, 5) is 25.9. The number of nitrogens with zero attached hydrogens (tertiary/aromatic N) is 1. The Labute approximate surface area is 173 Å². The van der Waals surface area contributed by atoms with Crippen molar-refractivity contribution in [3.63, 3.8) is 0 Å². The average Bonchev–Trinajstić information content (AvgIpc) is 3.32. The van der Waals surface area contributed by atoms with Crippen LogP contribution in [0.1, 0.15) is 66.0 Å². The zero-order valence-corrected chi connectivity index (χ0v) is 17.9. The van der Waals surface area contributed by atoms with Gasteiger partial charge in [0.05, 0.1) is 18.1 Å². The summed E-state index contributed by atoms with van der Waals surface area (Å²) in [7, 11) is 1.67. The van der Waals surface area contributed by atoms with Crippen LogP contribution in [0.5, 0.6) is 0 Å². The minimum absolute atomic E-state index is 0.129. The Morgan fingerprint density at radius 2 is 1.79 bits per heavy atom. The molecule has 0 amide bonds. The number of esters is 1. The Balaban J connectivity index is 1.74. The molecule has 1 aromatic heterocycles. The lowest BCUT2D eigenvalue weighted by Gasteiger charge is -2.27. The van der Waals surface area contributed by atoms with Crippen LogP contribution in [-0.2, 0) is 19.7 Å². The number of hydrogen-bond donors (Lipinski definition) is 0. The number of Topliss-reactive ketones (excluding diaryl/α,β-unsaturated/α-hetero) is 1. The Kier molecular flexibility index (Phi) is 6.58. The molecular weight excluding hydrogens is 366 g/mol. The van der Waals surface area contributed by atoms with Gasteiger partial charge >= 0.3 is 5.97 Å². The van der Waals surface area contributed by atoms with Crippen LogP contribution in [-0.4, -0.2) is 36.6 Å².